The molecule has 1 aliphatic heterocycles. The molecule has 156 valence electrons. The monoisotopic (exact) mass is 404 g/mol. The third-order valence-electron chi connectivity index (χ3n) is 7.05. The zero-order valence-corrected chi connectivity index (χ0v) is 17.6. The zero-order chi connectivity index (χ0) is 20.7. The van der Waals surface area contributed by atoms with Gasteiger partial charge in [-0.15, -0.1) is 10.2 Å². The van der Waals surface area contributed by atoms with Crippen molar-refractivity contribution < 1.29 is 4.79 Å². The van der Waals surface area contributed by atoms with Crippen molar-refractivity contribution in [1.82, 2.24) is 29.9 Å². The van der Waals surface area contributed by atoms with E-state index in [1.165, 1.54) is 12.0 Å². The zero-order valence-electron chi connectivity index (χ0n) is 17.6. The van der Waals surface area contributed by atoms with Crippen LogP contribution in [0, 0.1) is 5.41 Å². The number of aromatic amines is 1. The van der Waals surface area contributed by atoms with Crippen LogP contribution in [0.15, 0.2) is 36.7 Å². The van der Waals surface area contributed by atoms with Crippen LogP contribution in [0.1, 0.15) is 60.9 Å². The molecule has 1 N–H and O–H groups in total. The Bertz CT molecular complexity index is 1050. The summed E-state index contributed by atoms with van der Waals surface area (Å²) in [6, 6.07) is 10.2. The van der Waals surface area contributed by atoms with Crippen LogP contribution in [0.2, 0.25) is 0 Å². The van der Waals surface area contributed by atoms with Crippen LogP contribution in [-0.4, -0.2) is 48.9 Å². The molecule has 1 atom stereocenters. The van der Waals surface area contributed by atoms with Gasteiger partial charge in [0.2, 0.25) is 0 Å². The number of aryl methyl sites for hydroxylation is 2. The number of amides is 1. The maximum Gasteiger partial charge on any atom is 0.271 e. The number of benzene rings is 1. The number of hydrogen-bond acceptors (Lipinski definition) is 4. The molecule has 1 amide bonds. The molecular formula is C23H28N6O. The second kappa shape index (κ2) is 7.38. The highest BCUT2D eigenvalue weighted by Gasteiger charge is 2.53. The standard InChI is InChI=1S/C23H28N6O/c1-3-16-6-8-17(9-7-16)19-12-20(26-25-19)22(30)29-13-18(23(14-29)10-5-11-23)21-27-24-15-28(21)4-2/h6-9,12,15,18H,3-5,10-11,13-14H2,1-2H3,(H,25,26). The van der Waals surface area contributed by atoms with Crippen LogP contribution in [-0.2, 0) is 13.0 Å². The van der Waals surface area contributed by atoms with Crippen molar-refractivity contribution in [3.63, 3.8) is 0 Å². The topological polar surface area (TPSA) is 79.7 Å². The lowest BCUT2D eigenvalue weighted by atomic mass is 9.62. The van der Waals surface area contributed by atoms with Gasteiger partial charge in [-0.2, -0.15) is 5.10 Å². The van der Waals surface area contributed by atoms with Gasteiger partial charge < -0.3 is 9.47 Å². The molecule has 0 bridgehead atoms. The van der Waals surface area contributed by atoms with Crippen LogP contribution >= 0.6 is 0 Å². The Morgan fingerprint density at radius 2 is 2.03 bits per heavy atom. The average molecular weight is 405 g/mol. The fourth-order valence-electron chi connectivity index (χ4n) is 5.05. The number of nitrogens with zero attached hydrogens (tertiary/aromatic N) is 5. The summed E-state index contributed by atoms with van der Waals surface area (Å²) < 4.78 is 2.12. The van der Waals surface area contributed by atoms with E-state index in [4.69, 9.17) is 0 Å². The summed E-state index contributed by atoms with van der Waals surface area (Å²) >= 11 is 0. The molecule has 2 fully saturated rings. The lowest BCUT2D eigenvalue weighted by Crippen LogP contribution is -2.38. The highest BCUT2D eigenvalue weighted by molar-refractivity contribution is 5.93. The maximum absolute atomic E-state index is 13.3. The molecule has 30 heavy (non-hydrogen) atoms. The van der Waals surface area contributed by atoms with Crippen molar-refractivity contribution in [2.75, 3.05) is 13.1 Å². The lowest BCUT2D eigenvalue weighted by molar-refractivity contribution is 0.0718. The molecule has 5 rings (SSSR count). The van der Waals surface area contributed by atoms with E-state index >= 15 is 0 Å². The molecule has 1 aliphatic carbocycles. The van der Waals surface area contributed by atoms with Crippen LogP contribution in [0.5, 0.6) is 0 Å². The third-order valence-corrected chi connectivity index (χ3v) is 7.05. The summed E-state index contributed by atoms with van der Waals surface area (Å²) in [6.07, 6.45) is 6.33. The summed E-state index contributed by atoms with van der Waals surface area (Å²) in [5, 5.41) is 15.9. The van der Waals surface area contributed by atoms with E-state index in [-0.39, 0.29) is 17.2 Å². The molecule has 1 aromatic carbocycles. The molecular weight excluding hydrogens is 376 g/mol. The van der Waals surface area contributed by atoms with Gasteiger partial charge in [-0.25, -0.2) is 0 Å². The summed E-state index contributed by atoms with van der Waals surface area (Å²) in [6.45, 7) is 6.58. The van der Waals surface area contributed by atoms with Gasteiger partial charge in [0.25, 0.3) is 5.91 Å². The van der Waals surface area contributed by atoms with E-state index in [0.29, 0.717) is 12.2 Å². The molecule has 7 heteroatoms. The number of hydrogen-bond donors (Lipinski definition) is 1. The molecule has 3 heterocycles. The van der Waals surface area contributed by atoms with Gasteiger partial charge in [-0.05, 0) is 43.2 Å². The van der Waals surface area contributed by atoms with Gasteiger partial charge in [0.1, 0.15) is 17.8 Å². The van der Waals surface area contributed by atoms with Crippen molar-refractivity contribution in [1.29, 1.82) is 0 Å². The van der Waals surface area contributed by atoms with Gasteiger partial charge >= 0.3 is 0 Å². The number of carbonyl (C=O) groups is 1. The highest BCUT2D eigenvalue weighted by atomic mass is 16.2. The fraction of sp³-hybridized carbons (Fsp3) is 0.478. The molecule has 1 spiro atoms. The van der Waals surface area contributed by atoms with Gasteiger partial charge in [0.15, 0.2) is 0 Å². The largest absolute Gasteiger partial charge is 0.336 e. The minimum atomic E-state index is 0.0234. The number of carbonyl (C=O) groups excluding carboxylic acids is 1. The Kier molecular flexibility index (Phi) is 4.68. The number of nitrogens with one attached hydrogen (secondary N) is 1. The van der Waals surface area contributed by atoms with E-state index in [1.54, 1.807) is 6.33 Å². The Labute approximate surface area is 176 Å². The van der Waals surface area contributed by atoms with Crippen molar-refractivity contribution in [2.45, 2.75) is 52.0 Å². The predicted octanol–water partition coefficient (Wildman–Crippen LogP) is 3.66. The van der Waals surface area contributed by atoms with Crippen molar-refractivity contribution in [3.8, 4) is 11.3 Å². The quantitative estimate of drug-likeness (QED) is 0.704. The normalized spacial score (nSPS) is 19.9. The smallest absolute Gasteiger partial charge is 0.271 e. The van der Waals surface area contributed by atoms with Crippen LogP contribution < -0.4 is 0 Å². The van der Waals surface area contributed by atoms with E-state index in [2.05, 4.69) is 63.1 Å². The molecule has 0 radical (unpaired) electrons. The first-order valence-corrected chi connectivity index (χ1v) is 10.9. The summed E-state index contributed by atoms with van der Waals surface area (Å²) in [5.41, 5.74) is 3.82. The minimum Gasteiger partial charge on any atom is -0.336 e. The van der Waals surface area contributed by atoms with E-state index in [1.807, 2.05) is 11.0 Å². The molecule has 2 aliphatic rings. The first-order valence-electron chi connectivity index (χ1n) is 10.9. The van der Waals surface area contributed by atoms with Crippen molar-refractivity contribution in [3.05, 3.63) is 53.7 Å². The number of likely N-dealkylation sites (tertiary alicyclic amines) is 1. The van der Waals surface area contributed by atoms with Gasteiger partial charge in [-0.1, -0.05) is 37.6 Å². The molecule has 3 aromatic rings. The van der Waals surface area contributed by atoms with Gasteiger partial charge in [0, 0.05) is 31.1 Å². The van der Waals surface area contributed by atoms with Crippen molar-refractivity contribution in [2.24, 2.45) is 5.41 Å². The second-order valence-electron chi connectivity index (χ2n) is 8.65. The highest BCUT2D eigenvalue weighted by Crippen LogP contribution is 2.55. The predicted molar refractivity (Wildman–Crippen MR) is 114 cm³/mol. The fourth-order valence-corrected chi connectivity index (χ4v) is 5.05. The van der Waals surface area contributed by atoms with Crippen LogP contribution in [0.3, 0.4) is 0 Å². The van der Waals surface area contributed by atoms with Gasteiger partial charge in [0.05, 0.1) is 5.69 Å². The summed E-state index contributed by atoms with van der Waals surface area (Å²) in [4.78, 5) is 15.3. The van der Waals surface area contributed by atoms with Crippen LogP contribution in [0.4, 0.5) is 0 Å². The Morgan fingerprint density at radius 1 is 1.23 bits per heavy atom. The number of H-pyrrole nitrogens is 1. The number of aromatic nitrogens is 5. The number of rotatable bonds is 5. The molecule has 1 saturated heterocycles. The molecule has 7 nitrogen and oxygen atoms in total. The first kappa shape index (κ1) is 19.0. The maximum atomic E-state index is 13.3. The van der Waals surface area contributed by atoms with Crippen LogP contribution in [0.25, 0.3) is 11.3 Å². The summed E-state index contributed by atoms with van der Waals surface area (Å²) in [5.74, 6) is 1.30. The first-order chi connectivity index (χ1) is 14.6. The van der Waals surface area contributed by atoms with Crippen molar-refractivity contribution >= 4 is 5.91 Å². The Hall–Kier alpha value is -2.96. The molecule has 2 aromatic heterocycles. The molecule has 1 saturated carbocycles. The average Bonchev–Trinajstić information content (AvgIpc) is 3.50. The SMILES string of the molecule is CCc1ccc(-c2cc(C(=O)N3CC(c4nncn4CC)C4(CCC4)C3)[nH]n2)cc1. The third kappa shape index (κ3) is 3.04. The van der Waals surface area contributed by atoms with E-state index in [9.17, 15) is 4.79 Å². The van der Waals surface area contributed by atoms with E-state index < -0.39 is 0 Å². The Balaban J connectivity index is 1.37. The van der Waals surface area contributed by atoms with Gasteiger partial charge in [-0.3, -0.25) is 9.89 Å². The van der Waals surface area contributed by atoms with E-state index in [0.717, 1.165) is 49.4 Å². The summed E-state index contributed by atoms with van der Waals surface area (Å²) in [7, 11) is 0. The Morgan fingerprint density at radius 3 is 2.70 bits per heavy atom. The second-order valence-corrected chi connectivity index (χ2v) is 8.65. The lowest BCUT2D eigenvalue weighted by Gasteiger charge is -2.42. The molecule has 1 unspecified atom stereocenters. The minimum absolute atomic E-state index is 0.0234.